The van der Waals surface area contributed by atoms with E-state index >= 15 is 0 Å². The summed E-state index contributed by atoms with van der Waals surface area (Å²) in [6, 6.07) is 14.2. The second-order valence-corrected chi connectivity index (χ2v) is 5.54. The predicted molar refractivity (Wildman–Crippen MR) is 105 cm³/mol. The van der Waals surface area contributed by atoms with Crippen LogP contribution in [0.2, 0.25) is 0 Å². The second kappa shape index (κ2) is 7.17. The van der Waals surface area contributed by atoms with Gasteiger partial charge in [0.1, 0.15) is 17.5 Å². The van der Waals surface area contributed by atoms with Crippen molar-refractivity contribution in [3.63, 3.8) is 0 Å². The molecule has 0 saturated heterocycles. The van der Waals surface area contributed by atoms with E-state index in [1.165, 1.54) is 0 Å². The molecular weight excluding hydrogens is 312 g/mol. The van der Waals surface area contributed by atoms with Gasteiger partial charge in [0.15, 0.2) is 0 Å². The molecular formula is C19H22N6. The highest BCUT2D eigenvalue weighted by molar-refractivity contribution is 6.01. The molecule has 0 atom stereocenters. The van der Waals surface area contributed by atoms with Crippen LogP contribution >= 0.6 is 0 Å². The Morgan fingerprint density at radius 3 is 2.08 bits per heavy atom. The van der Waals surface area contributed by atoms with Gasteiger partial charge in [0.2, 0.25) is 0 Å². The lowest BCUT2D eigenvalue weighted by Crippen LogP contribution is -2.19. The van der Waals surface area contributed by atoms with Crippen molar-refractivity contribution in [1.29, 1.82) is 0 Å². The summed E-state index contributed by atoms with van der Waals surface area (Å²) in [7, 11) is 7.28. The molecule has 2 aromatic carbocycles. The second-order valence-electron chi connectivity index (χ2n) is 5.54. The van der Waals surface area contributed by atoms with Crippen molar-refractivity contribution in [3.05, 3.63) is 53.6 Å². The van der Waals surface area contributed by atoms with Crippen LogP contribution in [0, 0.1) is 0 Å². The molecule has 3 N–H and O–H groups in total. The maximum Gasteiger partial charge on any atom is 0.138 e. The van der Waals surface area contributed by atoms with Crippen molar-refractivity contribution < 1.29 is 0 Å². The number of aromatic amines is 1. The van der Waals surface area contributed by atoms with Crippen LogP contribution in [0.1, 0.15) is 11.1 Å². The molecule has 128 valence electrons. The van der Waals surface area contributed by atoms with Gasteiger partial charge in [0.25, 0.3) is 0 Å². The number of benzene rings is 2. The zero-order chi connectivity index (χ0) is 17.8. The molecule has 0 fully saturated rings. The van der Waals surface area contributed by atoms with E-state index in [1.807, 2.05) is 50.5 Å². The van der Waals surface area contributed by atoms with Gasteiger partial charge in [-0.2, -0.15) is 0 Å². The summed E-state index contributed by atoms with van der Waals surface area (Å²) in [5.74, 6) is 2.55. The molecule has 25 heavy (non-hydrogen) atoms. The monoisotopic (exact) mass is 334 g/mol. The average Bonchev–Trinajstić information content (AvgIpc) is 3.08. The molecule has 1 heterocycles. The highest BCUT2D eigenvalue weighted by Crippen LogP contribution is 2.22. The zero-order valence-electron chi connectivity index (χ0n) is 14.9. The largest absolute Gasteiger partial charge is 0.373 e. The molecule has 3 rings (SSSR count). The zero-order valence-corrected chi connectivity index (χ0v) is 14.9. The van der Waals surface area contributed by atoms with Crippen LogP contribution in [0.15, 0.2) is 52.4 Å². The Hall–Kier alpha value is -3.15. The average molecular weight is 334 g/mol. The fourth-order valence-electron chi connectivity index (χ4n) is 2.85. The Balaban J connectivity index is 1.96. The molecule has 0 saturated carbocycles. The Morgan fingerprint density at radius 2 is 1.48 bits per heavy atom. The van der Waals surface area contributed by atoms with Gasteiger partial charge < -0.3 is 15.6 Å². The first-order valence-electron chi connectivity index (χ1n) is 8.10. The van der Waals surface area contributed by atoms with E-state index < -0.39 is 0 Å². The van der Waals surface area contributed by atoms with Crippen LogP contribution in [-0.2, 0) is 0 Å². The van der Waals surface area contributed by atoms with Gasteiger partial charge in [-0.25, -0.2) is 4.98 Å². The summed E-state index contributed by atoms with van der Waals surface area (Å²) in [5.41, 5.74) is 5.02. The van der Waals surface area contributed by atoms with Gasteiger partial charge in [0.05, 0.1) is 11.0 Å². The first-order valence-corrected chi connectivity index (χ1v) is 8.10. The van der Waals surface area contributed by atoms with Gasteiger partial charge >= 0.3 is 0 Å². The topological polar surface area (TPSA) is 77.5 Å². The first-order chi connectivity index (χ1) is 12.2. The number of H-pyrrole nitrogens is 1. The van der Waals surface area contributed by atoms with Gasteiger partial charge in [-0.15, -0.1) is 0 Å². The van der Waals surface area contributed by atoms with Gasteiger partial charge in [-0.1, -0.05) is 24.3 Å². The molecule has 0 aliphatic heterocycles. The first kappa shape index (κ1) is 16.7. The number of aromatic nitrogens is 2. The highest BCUT2D eigenvalue weighted by Gasteiger charge is 2.09. The summed E-state index contributed by atoms with van der Waals surface area (Å²) >= 11 is 0. The summed E-state index contributed by atoms with van der Waals surface area (Å²) in [4.78, 5) is 16.5. The number of aliphatic imine (C=N–C) groups is 2. The minimum absolute atomic E-state index is 0.845. The summed E-state index contributed by atoms with van der Waals surface area (Å²) < 4.78 is 0. The number of hydrogen-bond acceptors (Lipinski definition) is 3. The minimum Gasteiger partial charge on any atom is -0.373 e. The normalized spacial score (nSPS) is 12.5. The van der Waals surface area contributed by atoms with Crippen molar-refractivity contribution in [3.8, 4) is 11.4 Å². The molecule has 0 unspecified atom stereocenters. The Bertz CT molecular complexity index is 934. The highest BCUT2D eigenvalue weighted by atomic mass is 15.0. The number of rotatable bonds is 3. The molecule has 3 aromatic rings. The van der Waals surface area contributed by atoms with Crippen molar-refractivity contribution in [2.45, 2.75) is 0 Å². The molecule has 0 amide bonds. The summed E-state index contributed by atoms with van der Waals surface area (Å²) in [6.45, 7) is 0. The molecule has 0 spiro atoms. The van der Waals surface area contributed by atoms with Crippen molar-refractivity contribution in [2.75, 3.05) is 28.2 Å². The molecule has 6 nitrogen and oxygen atoms in total. The maximum atomic E-state index is 4.69. The lowest BCUT2D eigenvalue weighted by Gasteiger charge is -2.05. The van der Waals surface area contributed by atoms with E-state index in [0.717, 1.165) is 45.2 Å². The maximum absolute atomic E-state index is 4.69. The van der Waals surface area contributed by atoms with E-state index in [0.29, 0.717) is 0 Å². The van der Waals surface area contributed by atoms with Crippen molar-refractivity contribution in [1.82, 2.24) is 20.6 Å². The van der Waals surface area contributed by atoms with E-state index in [-0.39, 0.29) is 0 Å². The van der Waals surface area contributed by atoms with Crippen LogP contribution in [0.3, 0.4) is 0 Å². The third kappa shape index (κ3) is 3.24. The number of hydrogen-bond donors (Lipinski definition) is 3. The van der Waals surface area contributed by atoms with Gasteiger partial charge in [-0.3, -0.25) is 9.98 Å². The van der Waals surface area contributed by atoms with E-state index in [4.69, 9.17) is 0 Å². The number of fused-ring (bicyclic) bond motifs is 1. The molecule has 0 aliphatic rings. The van der Waals surface area contributed by atoms with Crippen LogP contribution in [-0.4, -0.2) is 49.8 Å². The quantitative estimate of drug-likeness (QED) is 0.508. The predicted octanol–water partition coefficient (Wildman–Crippen LogP) is 2.42. The van der Waals surface area contributed by atoms with Crippen molar-refractivity contribution >= 4 is 22.7 Å². The Kier molecular flexibility index (Phi) is 4.79. The molecule has 0 bridgehead atoms. The molecule has 6 heteroatoms. The van der Waals surface area contributed by atoms with Crippen LogP contribution in [0.4, 0.5) is 0 Å². The number of imidazole rings is 1. The molecule has 0 radical (unpaired) electrons. The van der Waals surface area contributed by atoms with Crippen LogP contribution < -0.4 is 10.6 Å². The molecule has 0 aliphatic carbocycles. The van der Waals surface area contributed by atoms with E-state index in [2.05, 4.69) is 36.7 Å². The number of nitrogens with zero attached hydrogens (tertiary/aromatic N) is 3. The van der Waals surface area contributed by atoms with Gasteiger partial charge in [-0.05, 0) is 18.2 Å². The molecule has 1 aromatic heterocycles. The third-order valence-electron chi connectivity index (χ3n) is 4.11. The lowest BCUT2D eigenvalue weighted by molar-refractivity contribution is 1.15. The van der Waals surface area contributed by atoms with E-state index in [1.54, 1.807) is 14.1 Å². The number of nitrogens with one attached hydrogen (secondary N) is 3. The fourth-order valence-corrected chi connectivity index (χ4v) is 2.85. The smallest absolute Gasteiger partial charge is 0.138 e. The Morgan fingerprint density at radius 1 is 0.880 bits per heavy atom. The number of amidine groups is 2. The van der Waals surface area contributed by atoms with E-state index in [9.17, 15) is 0 Å². The van der Waals surface area contributed by atoms with Crippen LogP contribution in [0.5, 0.6) is 0 Å². The fraction of sp³-hybridized carbons (Fsp3) is 0.211. The SMILES string of the molecule is CN=C(NC)c1ccc(-c2nc3ccc(C(=NC)NC)cc3[nH]2)cc1. The lowest BCUT2D eigenvalue weighted by atomic mass is 10.1. The minimum atomic E-state index is 0.845. The third-order valence-corrected chi connectivity index (χ3v) is 4.11. The summed E-state index contributed by atoms with van der Waals surface area (Å²) in [5, 5.41) is 6.18. The summed E-state index contributed by atoms with van der Waals surface area (Å²) in [6.07, 6.45) is 0. The standard InChI is InChI=1S/C19H22N6/c1-20-17(21-2)12-5-7-13(8-6-12)19-24-15-10-9-14(11-16(15)25-19)18(22-3)23-4/h5-11H,1-4H3,(H,20,21)(H,22,23)(H,24,25). The van der Waals surface area contributed by atoms with Gasteiger partial charge in [0, 0.05) is 44.9 Å². The Labute approximate surface area is 147 Å². The van der Waals surface area contributed by atoms with Crippen LogP contribution in [0.25, 0.3) is 22.4 Å². The van der Waals surface area contributed by atoms with Crippen molar-refractivity contribution in [2.24, 2.45) is 9.98 Å².